The molecule has 1 saturated heterocycles. The summed E-state index contributed by atoms with van der Waals surface area (Å²) in [5.74, 6) is 2.78. The van der Waals surface area contributed by atoms with Crippen LogP contribution in [0.25, 0.3) is 5.52 Å². The number of rotatable bonds is 6. The van der Waals surface area contributed by atoms with Crippen molar-refractivity contribution in [2.45, 2.75) is 37.6 Å². The quantitative estimate of drug-likeness (QED) is 0.445. The Labute approximate surface area is 180 Å². The molecule has 158 valence electrons. The number of hydrogen-bond donors (Lipinski definition) is 3. The average molecular weight is 415 g/mol. The zero-order valence-corrected chi connectivity index (χ0v) is 17.3. The smallest absolute Gasteiger partial charge is 0.240 e. The molecule has 0 unspecified atom stereocenters. The Balaban J connectivity index is 1.27. The molecule has 4 N–H and O–H groups in total. The summed E-state index contributed by atoms with van der Waals surface area (Å²) in [7, 11) is 0. The van der Waals surface area contributed by atoms with E-state index in [-0.39, 0.29) is 5.95 Å². The Morgan fingerprint density at radius 3 is 2.81 bits per heavy atom. The third-order valence-electron chi connectivity index (χ3n) is 6.38. The third-order valence-corrected chi connectivity index (χ3v) is 6.38. The highest BCUT2D eigenvalue weighted by molar-refractivity contribution is 5.77. The number of hydrogen-bond acceptors (Lipinski definition) is 6. The lowest BCUT2D eigenvalue weighted by molar-refractivity contribution is 0.327. The number of anilines is 3. The summed E-state index contributed by atoms with van der Waals surface area (Å²) < 4.78 is 1.84. The number of H-pyrrole nitrogens is 1. The molecule has 4 heterocycles. The van der Waals surface area contributed by atoms with Gasteiger partial charge in [0, 0.05) is 42.9 Å². The third kappa shape index (κ3) is 3.63. The highest BCUT2D eigenvalue weighted by atomic mass is 15.3. The van der Waals surface area contributed by atoms with Crippen LogP contribution in [0.2, 0.25) is 0 Å². The van der Waals surface area contributed by atoms with E-state index in [0.717, 1.165) is 37.4 Å². The highest BCUT2D eigenvalue weighted by Gasteiger charge is 2.28. The maximum absolute atomic E-state index is 5.99. The lowest BCUT2D eigenvalue weighted by Crippen LogP contribution is -2.19. The SMILES string of the molecule is Nc1nc(Nc2cc(C3CC3)[nH]n2)c2c([C@H]3CCN(Cc4ccccc4)C3)ccn2n1. The fraction of sp³-hybridized carbons (Fsp3) is 0.348. The van der Waals surface area contributed by atoms with Gasteiger partial charge in [-0.15, -0.1) is 5.10 Å². The topological polar surface area (TPSA) is 100 Å². The Morgan fingerprint density at radius 1 is 1.10 bits per heavy atom. The standard InChI is InChI=1S/C23H26N8/c24-23-26-22(25-20-12-19(27-28-20)16-6-7-16)21-18(9-11-31(21)29-23)17-8-10-30(14-17)13-15-4-2-1-3-5-15/h1-5,9,11-12,16-17H,6-8,10,13-14H2,(H4,24,25,26,27,28,29)/t17-/m0/s1. The molecular weight excluding hydrogens is 388 g/mol. The van der Waals surface area contributed by atoms with Gasteiger partial charge in [0.25, 0.3) is 0 Å². The number of fused-ring (bicyclic) bond motifs is 1. The summed E-state index contributed by atoms with van der Waals surface area (Å²) in [5.41, 5.74) is 10.8. The molecule has 2 aliphatic rings. The van der Waals surface area contributed by atoms with E-state index in [1.54, 1.807) is 0 Å². The summed E-state index contributed by atoms with van der Waals surface area (Å²) in [6, 6.07) is 14.9. The van der Waals surface area contributed by atoms with E-state index in [1.165, 1.54) is 29.7 Å². The van der Waals surface area contributed by atoms with Crippen molar-refractivity contribution in [1.82, 2.24) is 29.7 Å². The van der Waals surface area contributed by atoms with E-state index in [9.17, 15) is 0 Å². The summed E-state index contributed by atoms with van der Waals surface area (Å²) in [5, 5.41) is 15.4. The zero-order valence-electron chi connectivity index (χ0n) is 17.3. The van der Waals surface area contributed by atoms with Crippen molar-refractivity contribution in [3.05, 3.63) is 65.5 Å². The highest BCUT2D eigenvalue weighted by Crippen LogP contribution is 2.40. The first kappa shape index (κ1) is 18.4. The summed E-state index contributed by atoms with van der Waals surface area (Å²) in [6.45, 7) is 3.08. The molecule has 1 aliphatic carbocycles. The van der Waals surface area contributed by atoms with Crippen LogP contribution in [0, 0.1) is 0 Å². The number of nitrogens with one attached hydrogen (secondary N) is 2. The second-order valence-electron chi connectivity index (χ2n) is 8.70. The van der Waals surface area contributed by atoms with E-state index < -0.39 is 0 Å². The summed E-state index contributed by atoms with van der Waals surface area (Å²) >= 11 is 0. The van der Waals surface area contributed by atoms with E-state index in [1.807, 2.05) is 10.7 Å². The molecule has 3 aromatic heterocycles. The first-order chi connectivity index (χ1) is 15.2. The Morgan fingerprint density at radius 2 is 1.97 bits per heavy atom. The molecule has 0 radical (unpaired) electrons. The molecule has 31 heavy (non-hydrogen) atoms. The number of nitrogen functional groups attached to an aromatic ring is 1. The normalized spacial score (nSPS) is 19.3. The van der Waals surface area contributed by atoms with Crippen molar-refractivity contribution in [3.63, 3.8) is 0 Å². The van der Waals surface area contributed by atoms with Crippen molar-refractivity contribution < 1.29 is 0 Å². The largest absolute Gasteiger partial charge is 0.366 e. The van der Waals surface area contributed by atoms with Gasteiger partial charge in [0.05, 0.1) is 0 Å². The second kappa shape index (κ2) is 7.39. The monoisotopic (exact) mass is 414 g/mol. The van der Waals surface area contributed by atoms with Crippen LogP contribution in [0.5, 0.6) is 0 Å². The van der Waals surface area contributed by atoms with Crippen molar-refractivity contribution in [3.8, 4) is 0 Å². The molecule has 8 nitrogen and oxygen atoms in total. The Kier molecular flexibility index (Phi) is 4.38. The van der Waals surface area contributed by atoms with Crippen molar-refractivity contribution in [2.75, 3.05) is 24.1 Å². The minimum Gasteiger partial charge on any atom is -0.366 e. The van der Waals surface area contributed by atoms with Crippen LogP contribution in [0.1, 0.15) is 47.9 Å². The van der Waals surface area contributed by atoms with E-state index in [2.05, 4.69) is 73.0 Å². The predicted molar refractivity (Wildman–Crippen MR) is 120 cm³/mol. The number of nitrogens with two attached hydrogens (primary N) is 1. The van der Waals surface area contributed by atoms with Crippen molar-refractivity contribution >= 4 is 23.1 Å². The molecule has 1 aliphatic heterocycles. The number of benzene rings is 1. The molecule has 1 atom stereocenters. The van der Waals surface area contributed by atoms with Crippen molar-refractivity contribution in [2.24, 2.45) is 0 Å². The molecule has 0 spiro atoms. The summed E-state index contributed by atoms with van der Waals surface area (Å²) in [6.07, 6.45) is 5.56. The summed E-state index contributed by atoms with van der Waals surface area (Å²) in [4.78, 5) is 7.04. The van der Waals surface area contributed by atoms with Crippen LogP contribution in [0.15, 0.2) is 48.7 Å². The van der Waals surface area contributed by atoms with E-state index in [4.69, 9.17) is 5.73 Å². The minimum atomic E-state index is 0.243. The molecule has 8 heteroatoms. The molecule has 0 bridgehead atoms. The first-order valence-electron chi connectivity index (χ1n) is 11.0. The molecule has 6 rings (SSSR count). The van der Waals surface area contributed by atoms with Crippen LogP contribution in [-0.4, -0.2) is 42.8 Å². The van der Waals surface area contributed by atoms with Gasteiger partial charge in [0.15, 0.2) is 11.6 Å². The van der Waals surface area contributed by atoms with Gasteiger partial charge in [-0.2, -0.15) is 10.1 Å². The van der Waals surface area contributed by atoms with Crippen LogP contribution in [0.4, 0.5) is 17.6 Å². The maximum Gasteiger partial charge on any atom is 0.240 e. The first-order valence-corrected chi connectivity index (χ1v) is 11.0. The van der Waals surface area contributed by atoms with E-state index in [0.29, 0.717) is 17.7 Å². The fourth-order valence-electron chi connectivity index (χ4n) is 4.68. The lowest BCUT2D eigenvalue weighted by atomic mass is 9.99. The number of aromatic amines is 1. The van der Waals surface area contributed by atoms with Crippen LogP contribution in [-0.2, 0) is 6.54 Å². The fourth-order valence-corrected chi connectivity index (χ4v) is 4.68. The molecule has 4 aromatic rings. The molecular formula is C23H26N8. The van der Waals surface area contributed by atoms with Gasteiger partial charge in [-0.25, -0.2) is 4.52 Å². The number of nitrogens with zero attached hydrogens (tertiary/aromatic N) is 5. The van der Waals surface area contributed by atoms with Crippen molar-refractivity contribution in [1.29, 1.82) is 0 Å². The van der Waals surface area contributed by atoms with Gasteiger partial charge in [-0.1, -0.05) is 30.3 Å². The Bertz CT molecular complexity index is 1210. The van der Waals surface area contributed by atoms with Gasteiger partial charge in [0.1, 0.15) is 5.52 Å². The molecule has 0 amide bonds. The van der Waals surface area contributed by atoms with Crippen LogP contribution >= 0.6 is 0 Å². The van der Waals surface area contributed by atoms with Crippen LogP contribution in [0.3, 0.4) is 0 Å². The molecule has 2 fully saturated rings. The lowest BCUT2D eigenvalue weighted by Gasteiger charge is -2.16. The Hall–Kier alpha value is -3.39. The molecule has 1 aromatic carbocycles. The minimum absolute atomic E-state index is 0.243. The number of aromatic nitrogens is 5. The van der Waals surface area contributed by atoms with Gasteiger partial charge in [0.2, 0.25) is 5.95 Å². The maximum atomic E-state index is 5.99. The van der Waals surface area contributed by atoms with Crippen LogP contribution < -0.4 is 11.1 Å². The van der Waals surface area contributed by atoms with Gasteiger partial charge < -0.3 is 11.1 Å². The zero-order chi connectivity index (χ0) is 20.8. The second-order valence-corrected chi connectivity index (χ2v) is 8.70. The molecule has 1 saturated carbocycles. The van der Waals surface area contributed by atoms with Gasteiger partial charge in [-0.05, 0) is 43.0 Å². The average Bonchev–Trinajstić information content (AvgIpc) is 3.14. The van der Waals surface area contributed by atoms with Gasteiger partial charge in [-0.3, -0.25) is 10.00 Å². The van der Waals surface area contributed by atoms with E-state index >= 15 is 0 Å². The number of likely N-dealkylation sites (tertiary alicyclic amines) is 1. The predicted octanol–water partition coefficient (Wildman–Crippen LogP) is 3.65. The van der Waals surface area contributed by atoms with Gasteiger partial charge >= 0.3 is 0 Å².